The number of nitrogens with one attached hydrogen (secondary N) is 1. The van der Waals surface area contributed by atoms with E-state index in [0.717, 1.165) is 4.70 Å². The van der Waals surface area contributed by atoms with Gasteiger partial charge in [-0.3, -0.25) is 10.1 Å². The minimum atomic E-state index is -2.48. The summed E-state index contributed by atoms with van der Waals surface area (Å²) >= 11 is 1.78. The van der Waals surface area contributed by atoms with Gasteiger partial charge in [0.2, 0.25) is 0 Å². The van der Waals surface area contributed by atoms with E-state index in [9.17, 15) is 13.6 Å². The summed E-state index contributed by atoms with van der Waals surface area (Å²) < 4.78 is 30.7. The normalized spacial score (nSPS) is 11.0. The number of aromatic nitrogens is 1. The Bertz CT molecular complexity index is 866. The molecule has 0 aliphatic carbocycles. The Balaban J connectivity index is 1.77. The van der Waals surface area contributed by atoms with E-state index in [1.165, 1.54) is 35.6 Å². The van der Waals surface area contributed by atoms with E-state index in [1.807, 2.05) is 12.1 Å². The maximum Gasteiger partial charge on any atom is 0.288 e. The minimum absolute atomic E-state index is 0.346. The van der Waals surface area contributed by atoms with Gasteiger partial charge in [0.1, 0.15) is 11.3 Å². The molecular formula is C16H12F2N2O2S2. The number of hydrogen-bond donors (Lipinski definition) is 1. The maximum absolute atomic E-state index is 12.3. The summed E-state index contributed by atoms with van der Waals surface area (Å²) in [5, 5.41) is 3.17. The van der Waals surface area contributed by atoms with Gasteiger partial charge in [-0.15, -0.1) is 0 Å². The van der Waals surface area contributed by atoms with Crippen LogP contribution >= 0.6 is 23.1 Å². The molecule has 0 radical (unpaired) electrons. The Kier molecular flexibility index (Phi) is 4.96. The third kappa shape index (κ3) is 3.65. The van der Waals surface area contributed by atoms with Crippen LogP contribution in [0.3, 0.4) is 0 Å². The smallest absolute Gasteiger partial charge is 0.288 e. The van der Waals surface area contributed by atoms with Crippen LogP contribution in [0.15, 0.2) is 47.4 Å². The molecule has 1 N–H and O–H groups in total. The molecule has 0 unspecified atom stereocenters. The Morgan fingerprint density at radius 2 is 2.00 bits per heavy atom. The first-order valence-corrected chi connectivity index (χ1v) is 8.56. The quantitative estimate of drug-likeness (QED) is 0.655. The number of benzene rings is 2. The van der Waals surface area contributed by atoms with Crippen molar-refractivity contribution in [2.45, 2.75) is 10.7 Å². The van der Waals surface area contributed by atoms with Gasteiger partial charge in [-0.25, -0.2) is 4.98 Å². The molecule has 0 saturated heterocycles. The molecule has 4 nitrogen and oxygen atoms in total. The van der Waals surface area contributed by atoms with Crippen LogP contribution in [0.5, 0.6) is 5.75 Å². The lowest BCUT2D eigenvalue weighted by molar-refractivity contribution is 0.102. The molecule has 3 rings (SSSR count). The van der Waals surface area contributed by atoms with Gasteiger partial charge >= 0.3 is 0 Å². The van der Waals surface area contributed by atoms with E-state index in [1.54, 1.807) is 13.2 Å². The van der Waals surface area contributed by atoms with Crippen molar-refractivity contribution in [3.63, 3.8) is 0 Å². The van der Waals surface area contributed by atoms with Crippen LogP contribution in [-0.4, -0.2) is 23.8 Å². The standard InChI is InChI=1S/C16H12F2N2O2S2/c1-22-11-3-2-4-12-13(11)19-16(24-12)20-14(21)9-5-7-10(8-6-9)23-15(17)18/h2-8,15H,1H3,(H,19,20,21). The van der Waals surface area contributed by atoms with Gasteiger partial charge in [-0.1, -0.05) is 29.2 Å². The average Bonchev–Trinajstić information content (AvgIpc) is 2.97. The fourth-order valence-electron chi connectivity index (χ4n) is 2.10. The molecule has 0 spiro atoms. The second-order valence-electron chi connectivity index (χ2n) is 4.68. The summed E-state index contributed by atoms with van der Waals surface area (Å²) in [6.45, 7) is 0. The molecule has 0 atom stereocenters. The highest BCUT2D eigenvalue weighted by atomic mass is 32.2. The SMILES string of the molecule is COc1cccc2sc(NC(=O)c3ccc(SC(F)F)cc3)nc12. The Morgan fingerprint density at radius 3 is 2.67 bits per heavy atom. The molecule has 0 aliphatic heterocycles. The second-order valence-corrected chi connectivity index (χ2v) is 6.78. The molecule has 2 aromatic carbocycles. The van der Waals surface area contributed by atoms with Crippen molar-refractivity contribution in [2.75, 3.05) is 12.4 Å². The van der Waals surface area contributed by atoms with Crippen LogP contribution in [0.4, 0.5) is 13.9 Å². The molecule has 3 aromatic rings. The van der Waals surface area contributed by atoms with Gasteiger partial charge < -0.3 is 4.74 Å². The lowest BCUT2D eigenvalue weighted by Crippen LogP contribution is -2.11. The number of rotatable bonds is 5. The topological polar surface area (TPSA) is 51.2 Å². The summed E-state index contributed by atoms with van der Waals surface area (Å²) in [6.07, 6.45) is 0. The Hall–Kier alpha value is -2.19. The van der Waals surface area contributed by atoms with Crippen molar-refractivity contribution in [2.24, 2.45) is 0 Å². The molecule has 0 aliphatic rings. The summed E-state index contributed by atoms with van der Waals surface area (Å²) in [5.41, 5.74) is 1.06. The number of thioether (sulfide) groups is 1. The number of halogens is 2. The van der Waals surface area contributed by atoms with Crippen LogP contribution in [0.2, 0.25) is 0 Å². The van der Waals surface area contributed by atoms with Crippen LogP contribution in [0.1, 0.15) is 10.4 Å². The van der Waals surface area contributed by atoms with E-state index in [4.69, 9.17) is 4.74 Å². The molecule has 0 fully saturated rings. The molecule has 1 amide bonds. The van der Waals surface area contributed by atoms with Crippen molar-refractivity contribution in [3.05, 3.63) is 48.0 Å². The molecule has 1 aromatic heterocycles. The fourth-order valence-corrected chi connectivity index (χ4v) is 3.48. The van der Waals surface area contributed by atoms with Gasteiger partial charge in [0.15, 0.2) is 5.13 Å². The van der Waals surface area contributed by atoms with Crippen LogP contribution in [0, 0.1) is 0 Å². The van der Waals surface area contributed by atoms with E-state index in [0.29, 0.717) is 38.6 Å². The number of anilines is 1. The van der Waals surface area contributed by atoms with Gasteiger partial charge in [-0.05, 0) is 36.4 Å². The minimum Gasteiger partial charge on any atom is -0.494 e. The zero-order valence-corrected chi connectivity index (χ0v) is 14.1. The number of hydrogen-bond acceptors (Lipinski definition) is 5. The van der Waals surface area contributed by atoms with E-state index < -0.39 is 5.76 Å². The first-order valence-electron chi connectivity index (χ1n) is 6.86. The Morgan fingerprint density at radius 1 is 1.25 bits per heavy atom. The predicted molar refractivity (Wildman–Crippen MR) is 92.4 cm³/mol. The summed E-state index contributed by atoms with van der Waals surface area (Å²) in [5.74, 6) is -2.19. The van der Waals surface area contributed by atoms with Crippen LogP contribution in [0.25, 0.3) is 10.2 Å². The number of carbonyl (C=O) groups is 1. The highest BCUT2D eigenvalue weighted by molar-refractivity contribution is 7.99. The lowest BCUT2D eigenvalue weighted by Gasteiger charge is -2.03. The highest BCUT2D eigenvalue weighted by Gasteiger charge is 2.13. The van der Waals surface area contributed by atoms with E-state index in [2.05, 4.69) is 10.3 Å². The molecule has 1 heterocycles. The van der Waals surface area contributed by atoms with Crippen molar-refractivity contribution in [1.29, 1.82) is 0 Å². The number of methoxy groups -OCH3 is 1. The van der Waals surface area contributed by atoms with Crippen molar-refractivity contribution < 1.29 is 18.3 Å². The lowest BCUT2D eigenvalue weighted by atomic mass is 10.2. The second kappa shape index (κ2) is 7.14. The van der Waals surface area contributed by atoms with Crippen molar-refractivity contribution in [1.82, 2.24) is 4.98 Å². The zero-order valence-electron chi connectivity index (χ0n) is 12.5. The molecule has 0 saturated carbocycles. The van der Waals surface area contributed by atoms with Gasteiger partial charge in [0.25, 0.3) is 11.7 Å². The number of fused-ring (bicyclic) bond motifs is 1. The van der Waals surface area contributed by atoms with Crippen molar-refractivity contribution >= 4 is 44.4 Å². The number of ether oxygens (including phenoxy) is 1. The van der Waals surface area contributed by atoms with E-state index >= 15 is 0 Å². The van der Waals surface area contributed by atoms with Gasteiger partial charge in [0.05, 0.1) is 11.8 Å². The van der Waals surface area contributed by atoms with Gasteiger partial charge in [0, 0.05) is 10.5 Å². The highest BCUT2D eigenvalue weighted by Crippen LogP contribution is 2.32. The molecular weight excluding hydrogens is 354 g/mol. The van der Waals surface area contributed by atoms with Gasteiger partial charge in [-0.2, -0.15) is 8.78 Å². The van der Waals surface area contributed by atoms with E-state index in [-0.39, 0.29) is 5.91 Å². The fraction of sp³-hybridized carbons (Fsp3) is 0.125. The number of carbonyl (C=O) groups excluding carboxylic acids is 1. The van der Waals surface area contributed by atoms with Crippen LogP contribution in [-0.2, 0) is 0 Å². The van der Waals surface area contributed by atoms with Crippen molar-refractivity contribution in [3.8, 4) is 5.75 Å². The van der Waals surface area contributed by atoms with Crippen LogP contribution < -0.4 is 10.1 Å². The molecule has 124 valence electrons. The first kappa shape index (κ1) is 16.7. The zero-order chi connectivity index (χ0) is 17.1. The molecule has 24 heavy (non-hydrogen) atoms. The molecule has 0 bridgehead atoms. The number of nitrogens with zero attached hydrogens (tertiary/aromatic N) is 1. The summed E-state index contributed by atoms with van der Waals surface area (Å²) in [7, 11) is 1.56. The largest absolute Gasteiger partial charge is 0.494 e. The third-order valence-corrected chi connectivity index (χ3v) is 4.82. The summed E-state index contributed by atoms with van der Waals surface area (Å²) in [6, 6.07) is 11.5. The Labute approximate surface area is 144 Å². The third-order valence-electron chi connectivity index (χ3n) is 3.16. The molecule has 8 heteroatoms. The monoisotopic (exact) mass is 366 g/mol. The number of thiazole rings is 1. The number of para-hydroxylation sites is 1. The first-order chi connectivity index (χ1) is 11.6. The number of alkyl halides is 2. The predicted octanol–water partition coefficient (Wildman–Crippen LogP) is 4.87. The summed E-state index contributed by atoms with van der Waals surface area (Å²) in [4.78, 5) is 17.0. The average molecular weight is 366 g/mol. The maximum atomic E-state index is 12.3. The number of amides is 1.